The van der Waals surface area contributed by atoms with Gasteiger partial charge < -0.3 is 0 Å². The normalized spacial score (nSPS) is 11.6. The maximum atomic E-state index is 4.55. The van der Waals surface area contributed by atoms with E-state index in [4.69, 9.17) is 0 Å². The van der Waals surface area contributed by atoms with Gasteiger partial charge in [0.15, 0.2) is 0 Å². The number of fused-ring (bicyclic) bond motifs is 1. The van der Waals surface area contributed by atoms with Gasteiger partial charge in [-0.2, -0.15) is 0 Å². The van der Waals surface area contributed by atoms with Crippen molar-refractivity contribution in [2.45, 2.75) is 39.5 Å². The van der Waals surface area contributed by atoms with Crippen LogP contribution in [0.15, 0.2) is 18.7 Å². The zero-order valence-corrected chi connectivity index (χ0v) is 10.2. The number of nitrogens with zero attached hydrogens (tertiary/aromatic N) is 3. The molecule has 2 aromatic rings. The van der Waals surface area contributed by atoms with E-state index in [1.54, 1.807) is 6.33 Å². The van der Waals surface area contributed by atoms with Crippen LogP contribution in [-0.2, 0) is 0 Å². The van der Waals surface area contributed by atoms with E-state index in [2.05, 4.69) is 42.6 Å². The standard InChI is InChI=1S/C13H17N3/c1-8(2)10-6-15-12(9(3)4)11-5-14-7-16-13(10)11/h5-9H,1-4H3. The maximum Gasteiger partial charge on any atom is 0.116 e. The highest BCUT2D eigenvalue weighted by molar-refractivity contribution is 5.83. The first-order valence-electron chi connectivity index (χ1n) is 5.69. The van der Waals surface area contributed by atoms with Crippen LogP contribution in [0, 0.1) is 0 Å². The SMILES string of the molecule is CC(C)c1ncc(C(C)C)c2ncncc12. The van der Waals surface area contributed by atoms with Gasteiger partial charge in [0.25, 0.3) is 0 Å². The molecule has 0 saturated heterocycles. The Kier molecular flexibility index (Phi) is 2.86. The molecule has 0 bridgehead atoms. The number of pyridine rings is 1. The first-order chi connectivity index (χ1) is 7.61. The summed E-state index contributed by atoms with van der Waals surface area (Å²) in [6, 6.07) is 0. The fourth-order valence-corrected chi connectivity index (χ4v) is 1.90. The molecule has 0 atom stereocenters. The maximum absolute atomic E-state index is 4.55. The third-order valence-electron chi connectivity index (χ3n) is 2.77. The minimum absolute atomic E-state index is 0.398. The Labute approximate surface area is 96.0 Å². The molecule has 0 saturated carbocycles. The van der Waals surface area contributed by atoms with Crippen molar-refractivity contribution in [1.82, 2.24) is 15.0 Å². The summed E-state index contributed by atoms with van der Waals surface area (Å²) in [5, 5.41) is 1.09. The van der Waals surface area contributed by atoms with Crippen LogP contribution >= 0.6 is 0 Å². The lowest BCUT2D eigenvalue weighted by Crippen LogP contribution is -2.00. The average molecular weight is 215 g/mol. The molecule has 0 amide bonds. The van der Waals surface area contributed by atoms with E-state index >= 15 is 0 Å². The van der Waals surface area contributed by atoms with Gasteiger partial charge in [-0.1, -0.05) is 27.7 Å². The van der Waals surface area contributed by atoms with Gasteiger partial charge in [0.1, 0.15) is 6.33 Å². The van der Waals surface area contributed by atoms with Crippen LogP contribution in [0.5, 0.6) is 0 Å². The van der Waals surface area contributed by atoms with Crippen LogP contribution in [0.3, 0.4) is 0 Å². The van der Waals surface area contributed by atoms with Crippen LogP contribution in [0.25, 0.3) is 10.9 Å². The van der Waals surface area contributed by atoms with Crippen molar-refractivity contribution in [3.8, 4) is 0 Å². The highest BCUT2D eigenvalue weighted by atomic mass is 14.8. The second-order valence-electron chi connectivity index (χ2n) is 4.69. The van der Waals surface area contributed by atoms with Crippen molar-refractivity contribution in [3.63, 3.8) is 0 Å². The topological polar surface area (TPSA) is 38.7 Å². The molecule has 3 nitrogen and oxygen atoms in total. The molecule has 0 unspecified atom stereocenters. The number of aromatic nitrogens is 3. The fraction of sp³-hybridized carbons (Fsp3) is 0.462. The van der Waals surface area contributed by atoms with Gasteiger partial charge >= 0.3 is 0 Å². The van der Waals surface area contributed by atoms with Crippen molar-refractivity contribution in [2.75, 3.05) is 0 Å². The summed E-state index contributed by atoms with van der Waals surface area (Å²) >= 11 is 0. The number of hydrogen-bond acceptors (Lipinski definition) is 3. The highest BCUT2D eigenvalue weighted by Crippen LogP contribution is 2.27. The van der Waals surface area contributed by atoms with Crippen molar-refractivity contribution in [1.29, 1.82) is 0 Å². The molecule has 84 valence electrons. The molecule has 2 aromatic heterocycles. The van der Waals surface area contributed by atoms with Crippen LogP contribution < -0.4 is 0 Å². The van der Waals surface area contributed by atoms with Crippen molar-refractivity contribution < 1.29 is 0 Å². The molecule has 0 N–H and O–H groups in total. The summed E-state index contributed by atoms with van der Waals surface area (Å²) in [4.78, 5) is 13.0. The Morgan fingerprint density at radius 2 is 1.69 bits per heavy atom. The predicted molar refractivity (Wildman–Crippen MR) is 65.5 cm³/mol. The monoisotopic (exact) mass is 215 g/mol. The first-order valence-corrected chi connectivity index (χ1v) is 5.69. The molecule has 0 fully saturated rings. The lowest BCUT2D eigenvalue weighted by molar-refractivity contribution is 0.814. The Balaban J connectivity index is 2.77. The Hall–Kier alpha value is -1.51. The first kappa shape index (κ1) is 11.0. The van der Waals surface area contributed by atoms with Gasteiger partial charge in [-0.15, -0.1) is 0 Å². The van der Waals surface area contributed by atoms with Crippen LogP contribution in [0.1, 0.15) is 50.8 Å². The Bertz CT molecular complexity index is 457. The Morgan fingerprint density at radius 1 is 0.938 bits per heavy atom. The van der Waals surface area contributed by atoms with E-state index < -0.39 is 0 Å². The third-order valence-corrected chi connectivity index (χ3v) is 2.77. The minimum atomic E-state index is 0.398. The summed E-state index contributed by atoms with van der Waals surface area (Å²) in [5.41, 5.74) is 3.32. The quantitative estimate of drug-likeness (QED) is 0.771. The average Bonchev–Trinajstić information content (AvgIpc) is 2.27. The zero-order chi connectivity index (χ0) is 11.7. The van der Waals surface area contributed by atoms with E-state index in [-0.39, 0.29) is 0 Å². The van der Waals surface area contributed by atoms with Gasteiger partial charge in [0.05, 0.1) is 11.2 Å². The zero-order valence-electron chi connectivity index (χ0n) is 10.2. The van der Waals surface area contributed by atoms with Crippen molar-refractivity contribution in [2.24, 2.45) is 0 Å². The molecule has 0 radical (unpaired) electrons. The molecule has 0 spiro atoms. The number of rotatable bonds is 2. The van der Waals surface area contributed by atoms with E-state index in [1.165, 1.54) is 5.56 Å². The van der Waals surface area contributed by atoms with Crippen molar-refractivity contribution in [3.05, 3.63) is 30.0 Å². The second-order valence-corrected chi connectivity index (χ2v) is 4.69. The smallest absolute Gasteiger partial charge is 0.116 e. The summed E-state index contributed by atoms with van der Waals surface area (Å²) in [6.07, 6.45) is 5.43. The predicted octanol–water partition coefficient (Wildman–Crippen LogP) is 3.27. The van der Waals surface area contributed by atoms with Crippen LogP contribution in [0.2, 0.25) is 0 Å². The third kappa shape index (κ3) is 1.77. The van der Waals surface area contributed by atoms with Gasteiger partial charge in [0.2, 0.25) is 0 Å². The Morgan fingerprint density at radius 3 is 2.31 bits per heavy atom. The molecule has 2 rings (SSSR count). The van der Waals surface area contributed by atoms with E-state index in [9.17, 15) is 0 Å². The fourth-order valence-electron chi connectivity index (χ4n) is 1.90. The summed E-state index contributed by atoms with van der Waals surface area (Å²) < 4.78 is 0. The lowest BCUT2D eigenvalue weighted by Gasteiger charge is -2.13. The van der Waals surface area contributed by atoms with Crippen molar-refractivity contribution >= 4 is 10.9 Å². The molecule has 16 heavy (non-hydrogen) atoms. The van der Waals surface area contributed by atoms with Gasteiger partial charge in [-0.3, -0.25) is 4.98 Å². The lowest BCUT2D eigenvalue weighted by atomic mass is 9.99. The molecule has 0 aliphatic rings. The summed E-state index contributed by atoms with van der Waals surface area (Å²) in [5.74, 6) is 0.834. The molecule has 0 aliphatic heterocycles. The highest BCUT2D eigenvalue weighted by Gasteiger charge is 2.13. The minimum Gasteiger partial charge on any atom is -0.260 e. The van der Waals surface area contributed by atoms with E-state index in [0.29, 0.717) is 11.8 Å². The largest absolute Gasteiger partial charge is 0.260 e. The molecular formula is C13H17N3. The summed E-state index contributed by atoms with van der Waals surface area (Å²) in [6.45, 7) is 8.61. The summed E-state index contributed by atoms with van der Waals surface area (Å²) in [7, 11) is 0. The molecule has 0 aromatic carbocycles. The number of hydrogen-bond donors (Lipinski definition) is 0. The molecule has 3 heteroatoms. The molecular weight excluding hydrogens is 198 g/mol. The second kappa shape index (κ2) is 4.16. The van der Waals surface area contributed by atoms with E-state index in [1.807, 2.05) is 12.4 Å². The molecule has 2 heterocycles. The molecule has 0 aliphatic carbocycles. The van der Waals surface area contributed by atoms with E-state index in [0.717, 1.165) is 16.6 Å². The van der Waals surface area contributed by atoms with Crippen LogP contribution in [-0.4, -0.2) is 15.0 Å². The van der Waals surface area contributed by atoms with Gasteiger partial charge in [-0.25, -0.2) is 9.97 Å². The van der Waals surface area contributed by atoms with Crippen LogP contribution in [0.4, 0.5) is 0 Å². The van der Waals surface area contributed by atoms with Gasteiger partial charge in [0, 0.05) is 17.8 Å². The van der Waals surface area contributed by atoms with Gasteiger partial charge in [-0.05, 0) is 17.4 Å².